The summed E-state index contributed by atoms with van der Waals surface area (Å²) in [4.78, 5) is 14.2. The first kappa shape index (κ1) is 18.7. The van der Waals surface area contributed by atoms with Crippen molar-refractivity contribution < 1.29 is 19.0 Å². The van der Waals surface area contributed by atoms with Crippen LogP contribution in [0, 0.1) is 11.7 Å². The minimum Gasteiger partial charge on any atom is -0.497 e. The number of rotatable bonds is 7. The second-order valence-corrected chi connectivity index (χ2v) is 6.84. The Hall–Kier alpha value is -1.66. The molecule has 1 aromatic rings. The van der Waals surface area contributed by atoms with Gasteiger partial charge in [-0.3, -0.25) is 4.79 Å². The summed E-state index contributed by atoms with van der Waals surface area (Å²) in [6.45, 7) is 5.74. The molecule has 0 saturated carbocycles. The zero-order chi connectivity index (χ0) is 17.7. The molecule has 1 aromatic carbocycles. The van der Waals surface area contributed by atoms with Gasteiger partial charge in [0.25, 0.3) is 5.91 Å². The Morgan fingerprint density at radius 1 is 1.46 bits per heavy atom. The number of carbonyl (C=O) groups excluding carboxylic acids is 1. The van der Waals surface area contributed by atoms with Gasteiger partial charge in [0.1, 0.15) is 11.6 Å². The van der Waals surface area contributed by atoms with E-state index in [4.69, 9.17) is 4.74 Å². The van der Waals surface area contributed by atoms with E-state index in [-0.39, 0.29) is 24.8 Å². The quantitative estimate of drug-likeness (QED) is 0.797. The molecule has 0 spiro atoms. The third-order valence-corrected chi connectivity index (χ3v) is 4.29. The second kappa shape index (κ2) is 7.94. The van der Waals surface area contributed by atoms with Crippen molar-refractivity contribution in [1.82, 2.24) is 10.2 Å². The highest BCUT2D eigenvalue weighted by molar-refractivity contribution is 5.86. The normalized spacial score (nSPS) is 21.4. The molecule has 1 heterocycles. The van der Waals surface area contributed by atoms with E-state index < -0.39 is 5.60 Å². The van der Waals surface area contributed by atoms with Crippen molar-refractivity contribution in [3.8, 4) is 5.75 Å². The molecule has 0 aromatic heterocycles. The SMILES string of the molecule is COc1ccc(F)c(CN2CCCC(O)(CNCC(C)C)C2=O)c1. The average molecular weight is 338 g/mol. The monoisotopic (exact) mass is 338 g/mol. The Morgan fingerprint density at radius 2 is 2.21 bits per heavy atom. The van der Waals surface area contributed by atoms with E-state index in [1.165, 1.54) is 18.1 Å². The molecule has 1 aliphatic rings. The summed E-state index contributed by atoms with van der Waals surface area (Å²) in [5, 5.41) is 13.8. The van der Waals surface area contributed by atoms with Crippen molar-refractivity contribution in [2.45, 2.75) is 38.8 Å². The lowest BCUT2D eigenvalue weighted by molar-refractivity contribution is -0.157. The highest BCUT2D eigenvalue weighted by Crippen LogP contribution is 2.25. The van der Waals surface area contributed by atoms with Gasteiger partial charge >= 0.3 is 0 Å². The third-order valence-electron chi connectivity index (χ3n) is 4.29. The number of benzene rings is 1. The first-order chi connectivity index (χ1) is 11.4. The molecule has 1 atom stereocenters. The number of likely N-dealkylation sites (tertiary alicyclic amines) is 1. The van der Waals surface area contributed by atoms with Crippen LogP contribution in [-0.2, 0) is 11.3 Å². The van der Waals surface area contributed by atoms with Gasteiger partial charge in [0.05, 0.1) is 7.11 Å². The van der Waals surface area contributed by atoms with Gasteiger partial charge in [-0.25, -0.2) is 4.39 Å². The van der Waals surface area contributed by atoms with Crippen molar-refractivity contribution >= 4 is 5.91 Å². The summed E-state index contributed by atoms with van der Waals surface area (Å²) < 4.78 is 19.1. The van der Waals surface area contributed by atoms with E-state index in [2.05, 4.69) is 19.2 Å². The summed E-state index contributed by atoms with van der Waals surface area (Å²) in [5.41, 5.74) is -1.02. The van der Waals surface area contributed by atoms with Crippen LogP contribution >= 0.6 is 0 Å². The molecule has 2 N–H and O–H groups in total. The van der Waals surface area contributed by atoms with Gasteiger partial charge in [-0.05, 0) is 43.5 Å². The van der Waals surface area contributed by atoms with E-state index in [1.54, 1.807) is 12.1 Å². The van der Waals surface area contributed by atoms with Gasteiger partial charge < -0.3 is 20.1 Å². The maximum absolute atomic E-state index is 14.0. The predicted octanol–water partition coefficient (Wildman–Crippen LogP) is 1.93. The van der Waals surface area contributed by atoms with Crippen LogP contribution in [0.5, 0.6) is 5.75 Å². The number of hydrogen-bond acceptors (Lipinski definition) is 4. The van der Waals surface area contributed by atoms with Crippen molar-refractivity contribution in [1.29, 1.82) is 0 Å². The van der Waals surface area contributed by atoms with Crippen LogP contribution in [0.1, 0.15) is 32.3 Å². The number of methoxy groups -OCH3 is 1. The van der Waals surface area contributed by atoms with Crippen molar-refractivity contribution in [2.24, 2.45) is 5.92 Å². The van der Waals surface area contributed by atoms with E-state index in [9.17, 15) is 14.3 Å². The number of carbonyl (C=O) groups is 1. The standard InChI is InChI=1S/C18H27FN2O3/c1-13(2)10-20-12-18(23)7-4-8-21(17(18)22)11-14-9-15(24-3)5-6-16(14)19/h5-6,9,13,20,23H,4,7-8,10-12H2,1-3H3. The van der Waals surface area contributed by atoms with E-state index in [0.717, 1.165) is 6.54 Å². The Morgan fingerprint density at radius 3 is 2.88 bits per heavy atom. The fourth-order valence-corrected chi connectivity index (χ4v) is 2.95. The molecular weight excluding hydrogens is 311 g/mol. The molecule has 24 heavy (non-hydrogen) atoms. The topological polar surface area (TPSA) is 61.8 Å². The molecular formula is C18H27FN2O3. The minimum absolute atomic E-state index is 0.133. The molecule has 2 rings (SSSR count). The number of ether oxygens (including phenoxy) is 1. The molecule has 0 bridgehead atoms. The van der Waals surface area contributed by atoms with Crippen LogP contribution in [-0.4, -0.2) is 48.3 Å². The number of hydrogen-bond donors (Lipinski definition) is 2. The van der Waals surface area contributed by atoms with Crippen molar-refractivity contribution in [3.05, 3.63) is 29.6 Å². The lowest BCUT2D eigenvalue weighted by Gasteiger charge is -2.38. The van der Waals surface area contributed by atoms with Gasteiger partial charge in [-0.2, -0.15) is 0 Å². The zero-order valence-electron chi connectivity index (χ0n) is 14.6. The van der Waals surface area contributed by atoms with Gasteiger partial charge in [-0.1, -0.05) is 13.8 Å². The summed E-state index contributed by atoms with van der Waals surface area (Å²) in [6.07, 6.45) is 1.12. The molecule has 134 valence electrons. The Labute approximate surface area is 142 Å². The number of aliphatic hydroxyl groups is 1. The first-order valence-electron chi connectivity index (χ1n) is 8.40. The molecule has 1 fully saturated rings. The maximum atomic E-state index is 14.0. The summed E-state index contributed by atoms with van der Waals surface area (Å²) >= 11 is 0. The van der Waals surface area contributed by atoms with Crippen LogP contribution < -0.4 is 10.1 Å². The van der Waals surface area contributed by atoms with E-state index >= 15 is 0 Å². The lowest BCUT2D eigenvalue weighted by Crippen LogP contribution is -2.58. The van der Waals surface area contributed by atoms with Gasteiger partial charge in [0.15, 0.2) is 5.60 Å². The van der Waals surface area contributed by atoms with Crippen LogP contribution in [0.15, 0.2) is 18.2 Å². The number of amides is 1. The smallest absolute Gasteiger partial charge is 0.256 e. The van der Waals surface area contributed by atoms with Crippen LogP contribution in [0.3, 0.4) is 0 Å². The van der Waals surface area contributed by atoms with Gasteiger partial charge in [-0.15, -0.1) is 0 Å². The van der Waals surface area contributed by atoms with Crippen LogP contribution in [0.2, 0.25) is 0 Å². The van der Waals surface area contributed by atoms with Gasteiger partial charge in [0, 0.05) is 25.2 Å². The second-order valence-electron chi connectivity index (χ2n) is 6.84. The summed E-state index contributed by atoms with van der Waals surface area (Å²) in [7, 11) is 1.52. The molecule has 0 aliphatic carbocycles. The highest BCUT2D eigenvalue weighted by atomic mass is 19.1. The van der Waals surface area contributed by atoms with Gasteiger partial charge in [0.2, 0.25) is 0 Å². The number of piperidine rings is 1. The first-order valence-corrected chi connectivity index (χ1v) is 8.40. The van der Waals surface area contributed by atoms with E-state index in [1.807, 2.05) is 0 Å². The number of nitrogens with one attached hydrogen (secondary N) is 1. The number of nitrogens with zero attached hydrogens (tertiary/aromatic N) is 1. The lowest BCUT2D eigenvalue weighted by atomic mass is 9.91. The number of halogens is 1. The predicted molar refractivity (Wildman–Crippen MR) is 90.3 cm³/mol. The molecule has 0 radical (unpaired) electrons. The average Bonchev–Trinajstić information content (AvgIpc) is 2.53. The fourth-order valence-electron chi connectivity index (χ4n) is 2.95. The Balaban J connectivity index is 2.07. The molecule has 1 aliphatic heterocycles. The van der Waals surface area contributed by atoms with E-state index in [0.29, 0.717) is 36.6 Å². The molecule has 1 amide bonds. The van der Waals surface area contributed by atoms with Crippen LogP contribution in [0.4, 0.5) is 4.39 Å². The molecule has 1 unspecified atom stereocenters. The Kier molecular flexibility index (Phi) is 6.18. The third kappa shape index (κ3) is 4.45. The largest absolute Gasteiger partial charge is 0.497 e. The highest BCUT2D eigenvalue weighted by Gasteiger charge is 2.41. The molecule has 1 saturated heterocycles. The fraction of sp³-hybridized carbons (Fsp3) is 0.611. The summed E-state index contributed by atoms with van der Waals surface area (Å²) in [6, 6.07) is 4.47. The minimum atomic E-state index is -1.41. The molecule has 5 nitrogen and oxygen atoms in total. The Bertz CT molecular complexity index is 579. The summed E-state index contributed by atoms with van der Waals surface area (Å²) in [5.74, 6) is 0.266. The van der Waals surface area contributed by atoms with Crippen molar-refractivity contribution in [3.63, 3.8) is 0 Å². The molecule has 6 heteroatoms. The van der Waals surface area contributed by atoms with Crippen LogP contribution in [0.25, 0.3) is 0 Å². The van der Waals surface area contributed by atoms with Crippen molar-refractivity contribution in [2.75, 3.05) is 26.7 Å². The maximum Gasteiger partial charge on any atom is 0.256 e. The zero-order valence-corrected chi connectivity index (χ0v) is 14.6.